The van der Waals surface area contributed by atoms with Crippen LogP contribution in [-0.2, 0) is 0 Å². The molecule has 3 rings (SSSR count). The number of nitrogens with two attached hydrogens (primary N) is 1. The third-order valence-corrected chi connectivity index (χ3v) is 5.08. The van der Waals surface area contributed by atoms with Gasteiger partial charge in [0.15, 0.2) is 0 Å². The molecule has 1 aliphatic rings. The van der Waals surface area contributed by atoms with Crippen LogP contribution in [0.25, 0.3) is 11.0 Å². The molecule has 0 spiro atoms. The van der Waals surface area contributed by atoms with E-state index in [1.807, 2.05) is 18.2 Å². The molecule has 1 aromatic heterocycles. The fourth-order valence-electron chi connectivity index (χ4n) is 3.54. The van der Waals surface area contributed by atoms with Gasteiger partial charge in [0.05, 0.1) is 0 Å². The molecular weight excluding hydrogens is 270 g/mol. The lowest BCUT2D eigenvalue weighted by Crippen LogP contribution is -2.28. The third-order valence-electron chi connectivity index (χ3n) is 4.84. The quantitative estimate of drug-likeness (QED) is 0.868. The van der Waals surface area contributed by atoms with Crippen molar-refractivity contribution < 1.29 is 4.42 Å². The van der Waals surface area contributed by atoms with Gasteiger partial charge in [0.2, 0.25) is 0 Å². The summed E-state index contributed by atoms with van der Waals surface area (Å²) in [7, 11) is 0. The minimum Gasteiger partial charge on any atom is -0.461 e. The first-order valence-electron chi connectivity index (χ1n) is 7.60. The SMILES string of the molecule is CCC1CCC(CN)C(c2cc3cc(Cl)ccc3o2)C1. The average molecular weight is 292 g/mol. The zero-order valence-corrected chi connectivity index (χ0v) is 12.7. The molecule has 0 aliphatic heterocycles. The first-order chi connectivity index (χ1) is 9.71. The summed E-state index contributed by atoms with van der Waals surface area (Å²) < 4.78 is 6.07. The van der Waals surface area contributed by atoms with Crippen LogP contribution in [0, 0.1) is 11.8 Å². The van der Waals surface area contributed by atoms with E-state index in [0.29, 0.717) is 11.8 Å². The number of furan rings is 1. The maximum atomic E-state index is 6.07. The predicted octanol–water partition coefficient (Wildman–Crippen LogP) is 4.95. The van der Waals surface area contributed by atoms with Gasteiger partial charge in [-0.3, -0.25) is 0 Å². The molecule has 1 aromatic carbocycles. The van der Waals surface area contributed by atoms with Crippen LogP contribution < -0.4 is 5.73 Å². The monoisotopic (exact) mass is 291 g/mol. The minimum atomic E-state index is 0.463. The van der Waals surface area contributed by atoms with Crippen LogP contribution in [0.5, 0.6) is 0 Å². The van der Waals surface area contributed by atoms with Crippen LogP contribution in [0.3, 0.4) is 0 Å². The Labute approximate surface area is 125 Å². The van der Waals surface area contributed by atoms with E-state index in [1.165, 1.54) is 25.7 Å². The standard InChI is InChI=1S/C17H22ClNO/c1-2-11-3-4-12(10-19)15(7-11)17-9-13-8-14(18)5-6-16(13)20-17/h5-6,8-9,11-12,15H,2-4,7,10,19H2,1H3. The summed E-state index contributed by atoms with van der Waals surface area (Å²) in [4.78, 5) is 0. The summed E-state index contributed by atoms with van der Waals surface area (Å²) in [6.07, 6.45) is 4.98. The Kier molecular flexibility index (Phi) is 4.04. The lowest BCUT2D eigenvalue weighted by Gasteiger charge is -2.34. The highest BCUT2D eigenvalue weighted by molar-refractivity contribution is 6.31. The largest absolute Gasteiger partial charge is 0.461 e. The highest BCUT2D eigenvalue weighted by Crippen LogP contribution is 2.42. The van der Waals surface area contributed by atoms with Gasteiger partial charge in [0.25, 0.3) is 0 Å². The van der Waals surface area contributed by atoms with E-state index in [9.17, 15) is 0 Å². The van der Waals surface area contributed by atoms with Gasteiger partial charge < -0.3 is 10.2 Å². The normalized spacial score (nSPS) is 27.1. The van der Waals surface area contributed by atoms with Crippen molar-refractivity contribution in [1.82, 2.24) is 0 Å². The van der Waals surface area contributed by atoms with Crippen LogP contribution in [0.4, 0.5) is 0 Å². The lowest BCUT2D eigenvalue weighted by molar-refractivity contribution is 0.216. The Balaban J connectivity index is 1.94. The topological polar surface area (TPSA) is 39.2 Å². The Morgan fingerprint density at radius 2 is 2.15 bits per heavy atom. The van der Waals surface area contributed by atoms with Gasteiger partial charge in [-0.05, 0) is 55.5 Å². The van der Waals surface area contributed by atoms with Gasteiger partial charge in [-0.1, -0.05) is 31.4 Å². The van der Waals surface area contributed by atoms with E-state index in [0.717, 1.165) is 34.2 Å². The molecule has 0 radical (unpaired) electrons. The second-order valence-corrected chi connectivity index (χ2v) is 6.46. The molecule has 2 nitrogen and oxygen atoms in total. The second-order valence-electron chi connectivity index (χ2n) is 6.02. The third kappa shape index (κ3) is 2.59. The van der Waals surface area contributed by atoms with Crippen molar-refractivity contribution in [2.45, 2.75) is 38.5 Å². The van der Waals surface area contributed by atoms with Crippen molar-refractivity contribution in [3.05, 3.63) is 35.0 Å². The van der Waals surface area contributed by atoms with E-state index in [2.05, 4.69) is 13.0 Å². The summed E-state index contributed by atoms with van der Waals surface area (Å²) >= 11 is 6.05. The maximum absolute atomic E-state index is 6.07. The van der Waals surface area contributed by atoms with E-state index < -0.39 is 0 Å². The van der Waals surface area contributed by atoms with Gasteiger partial charge in [-0.25, -0.2) is 0 Å². The van der Waals surface area contributed by atoms with Gasteiger partial charge in [-0.2, -0.15) is 0 Å². The molecule has 3 heteroatoms. The smallest absolute Gasteiger partial charge is 0.134 e. The number of hydrogen-bond acceptors (Lipinski definition) is 2. The molecule has 3 atom stereocenters. The van der Waals surface area contributed by atoms with Crippen molar-refractivity contribution in [3.63, 3.8) is 0 Å². The summed E-state index contributed by atoms with van der Waals surface area (Å²) in [6.45, 7) is 3.03. The average Bonchev–Trinajstić information content (AvgIpc) is 2.89. The molecule has 1 saturated carbocycles. The summed E-state index contributed by atoms with van der Waals surface area (Å²) in [6, 6.07) is 7.97. The fraction of sp³-hybridized carbons (Fsp3) is 0.529. The Morgan fingerprint density at radius 3 is 2.90 bits per heavy atom. The molecule has 1 aliphatic carbocycles. The van der Waals surface area contributed by atoms with Crippen molar-refractivity contribution in [3.8, 4) is 0 Å². The summed E-state index contributed by atoms with van der Waals surface area (Å²) in [5, 5.41) is 1.86. The molecule has 3 unspecified atom stereocenters. The first kappa shape index (κ1) is 14.0. The van der Waals surface area contributed by atoms with Crippen molar-refractivity contribution >= 4 is 22.6 Å². The fourth-order valence-corrected chi connectivity index (χ4v) is 3.72. The Morgan fingerprint density at radius 1 is 1.30 bits per heavy atom. The van der Waals surface area contributed by atoms with Crippen molar-refractivity contribution in [2.75, 3.05) is 6.54 Å². The van der Waals surface area contributed by atoms with Gasteiger partial charge >= 0.3 is 0 Å². The van der Waals surface area contributed by atoms with E-state index in [-0.39, 0.29) is 0 Å². The number of halogens is 1. The van der Waals surface area contributed by atoms with Gasteiger partial charge in [0.1, 0.15) is 11.3 Å². The highest BCUT2D eigenvalue weighted by atomic mass is 35.5. The molecule has 0 amide bonds. The molecule has 108 valence electrons. The molecular formula is C17H22ClNO. The zero-order chi connectivity index (χ0) is 14.1. The molecule has 2 aromatic rings. The Bertz CT molecular complexity index is 592. The van der Waals surface area contributed by atoms with Gasteiger partial charge in [-0.15, -0.1) is 0 Å². The van der Waals surface area contributed by atoms with E-state index >= 15 is 0 Å². The first-order valence-corrected chi connectivity index (χ1v) is 7.98. The second kappa shape index (κ2) is 5.79. The summed E-state index contributed by atoms with van der Waals surface area (Å²) in [5.41, 5.74) is 6.90. The molecule has 1 fully saturated rings. The molecule has 0 bridgehead atoms. The number of fused-ring (bicyclic) bond motifs is 1. The molecule has 20 heavy (non-hydrogen) atoms. The number of benzene rings is 1. The van der Waals surface area contributed by atoms with Crippen LogP contribution in [0.2, 0.25) is 5.02 Å². The van der Waals surface area contributed by atoms with Crippen molar-refractivity contribution in [2.24, 2.45) is 17.6 Å². The molecule has 0 saturated heterocycles. The number of rotatable bonds is 3. The zero-order valence-electron chi connectivity index (χ0n) is 11.9. The predicted molar refractivity (Wildman–Crippen MR) is 84.1 cm³/mol. The Hall–Kier alpha value is -0.990. The summed E-state index contributed by atoms with van der Waals surface area (Å²) in [5.74, 6) is 2.91. The maximum Gasteiger partial charge on any atom is 0.134 e. The molecule has 2 N–H and O–H groups in total. The lowest BCUT2D eigenvalue weighted by atomic mass is 9.72. The van der Waals surface area contributed by atoms with E-state index in [1.54, 1.807) is 0 Å². The van der Waals surface area contributed by atoms with Crippen LogP contribution in [-0.4, -0.2) is 6.54 Å². The highest BCUT2D eigenvalue weighted by Gasteiger charge is 2.32. The van der Waals surface area contributed by atoms with E-state index in [4.69, 9.17) is 21.8 Å². The molecule has 1 heterocycles. The van der Waals surface area contributed by atoms with Crippen LogP contribution >= 0.6 is 11.6 Å². The van der Waals surface area contributed by atoms with Crippen LogP contribution in [0.1, 0.15) is 44.3 Å². The minimum absolute atomic E-state index is 0.463. The van der Waals surface area contributed by atoms with Crippen LogP contribution in [0.15, 0.2) is 28.7 Å². The van der Waals surface area contributed by atoms with Crippen molar-refractivity contribution in [1.29, 1.82) is 0 Å². The number of hydrogen-bond donors (Lipinski definition) is 1. The van der Waals surface area contributed by atoms with Gasteiger partial charge in [0, 0.05) is 16.3 Å².